The minimum atomic E-state index is 1.18. The second-order valence-corrected chi connectivity index (χ2v) is 2.12. The molecule has 0 fully saturated rings. The summed E-state index contributed by atoms with van der Waals surface area (Å²) in [6.07, 6.45) is 0. The smallest absolute Gasteiger partial charge is 0.139 e. The highest BCUT2D eigenvalue weighted by Crippen LogP contribution is 1.99. The molecule has 2 heteroatoms. The summed E-state index contributed by atoms with van der Waals surface area (Å²) >= 11 is 0. The molecule has 0 saturated carbocycles. The summed E-state index contributed by atoms with van der Waals surface area (Å²) in [5.41, 5.74) is 2.47. The quantitative estimate of drug-likeness (QED) is 0.512. The lowest BCUT2D eigenvalue weighted by molar-refractivity contribution is 1.53. The van der Waals surface area contributed by atoms with Crippen LogP contribution in [0.1, 0.15) is 0 Å². The molecule has 0 bridgehead atoms. The van der Waals surface area contributed by atoms with Gasteiger partial charge in [0.2, 0.25) is 0 Å². The Morgan fingerprint density at radius 2 is 2.22 bits per heavy atom. The Kier molecular flexibility index (Phi) is 1.78. The second kappa shape index (κ2) is 2.58. The second-order valence-electron chi connectivity index (χ2n) is 2.12. The molecular weight excluding hydrogens is 109 g/mol. The molecule has 1 aromatic carbocycles. The number of hydrogen-bond donors (Lipinski definition) is 1. The van der Waals surface area contributed by atoms with Crippen molar-refractivity contribution in [1.29, 1.82) is 0 Å². The van der Waals surface area contributed by atoms with Crippen molar-refractivity contribution in [2.45, 2.75) is 0 Å². The molecular formula is C7H10BN. The van der Waals surface area contributed by atoms with Crippen LogP contribution in [-0.2, 0) is 0 Å². The predicted octanol–water partition coefficient (Wildman–Crippen LogP) is -0.0133. The Morgan fingerprint density at radius 3 is 2.67 bits per heavy atom. The summed E-state index contributed by atoms with van der Waals surface area (Å²) in [4.78, 5) is 0. The maximum absolute atomic E-state index is 3.07. The summed E-state index contributed by atoms with van der Waals surface area (Å²) in [6, 6.07) is 8.29. The molecule has 0 aliphatic carbocycles. The highest BCUT2D eigenvalue weighted by Gasteiger charge is 1.84. The molecule has 1 aromatic rings. The minimum absolute atomic E-state index is 1.18. The zero-order valence-corrected chi connectivity index (χ0v) is 5.81. The van der Waals surface area contributed by atoms with Gasteiger partial charge in [-0.3, -0.25) is 0 Å². The van der Waals surface area contributed by atoms with Crippen LogP contribution in [0.25, 0.3) is 0 Å². The fourth-order valence-electron chi connectivity index (χ4n) is 0.801. The Bertz CT molecular complexity index is 198. The fraction of sp³-hybridized carbons (Fsp3) is 0.143. The van der Waals surface area contributed by atoms with Gasteiger partial charge in [-0.05, 0) is 12.1 Å². The molecule has 0 amide bonds. The summed E-state index contributed by atoms with van der Waals surface area (Å²) in [5, 5.41) is 3.07. The Labute approximate surface area is 56.5 Å². The van der Waals surface area contributed by atoms with E-state index < -0.39 is 0 Å². The molecule has 0 atom stereocenters. The maximum Gasteiger partial charge on any atom is 0.139 e. The zero-order chi connectivity index (χ0) is 6.69. The van der Waals surface area contributed by atoms with Crippen LogP contribution in [0.2, 0.25) is 0 Å². The lowest BCUT2D eigenvalue weighted by atomic mass is 9.96. The van der Waals surface area contributed by atoms with Gasteiger partial charge in [-0.1, -0.05) is 17.6 Å². The van der Waals surface area contributed by atoms with Gasteiger partial charge in [0.1, 0.15) is 7.85 Å². The number of rotatable bonds is 1. The molecule has 0 unspecified atom stereocenters. The number of benzene rings is 1. The molecule has 0 saturated heterocycles. The third-order valence-corrected chi connectivity index (χ3v) is 1.31. The van der Waals surface area contributed by atoms with Crippen LogP contribution < -0.4 is 10.8 Å². The van der Waals surface area contributed by atoms with E-state index in [1.807, 2.05) is 19.2 Å². The first-order valence-electron chi connectivity index (χ1n) is 3.07. The first kappa shape index (κ1) is 6.21. The van der Waals surface area contributed by atoms with Crippen molar-refractivity contribution >= 4 is 19.0 Å². The third kappa shape index (κ3) is 1.49. The van der Waals surface area contributed by atoms with E-state index in [-0.39, 0.29) is 0 Å². The average molecular weight is 119 g/mol. The standard InChI is InChI=1S/C7H10BN/c1-9-7-4-2-3-6(8)5-7/h2-5,9H,8H2,1H3. The molecule has 9 heavy (non-hydrogen) atoms. The molecule has 0 radical (unpaired) electrons. The first-order chi connectivity index (χ1) is 4.33. The average Bonchev–Trinajstić information content (AvgIpc) is 1.88. The molecule has 1 nitrogen and oxygen atoms in total. The van der Waals surface area contributed by atoms with Gasteiger partial charge in [0, 0.05) is 12.7 Å². The van der Waals surface area contributed by atoms with Gasteiger partial charge in [-0.25, -0.2) is 0 Å². The predicted molar refractivity (Wildman–Crippen MR) is 44.2 cm³/mol. The van der Waals surface area contributed by atoms with E-state index in [0.29, 0.717) is 0 Å². The van der Waals surface area contributed by atoms with Crippen molar-refractivity contribution in [3.63, 3.8) is 0 Å². The lowest BCUT2D eigenvalue weighted by Gasteiger charge is -1.98. The van der Waals surface area contributed by atoms with Crippen molar-refractivity contribution in [2.24, 2.45) is 0 Å². The Morgan fingerprint density at radius 1 is 1.44 bits per heavy atom. The summed E-state index contributed by atoms with van der Waals surface area (Å²) in [5.74, 6) is 0. The summed E-state index contributed by atoms with van der Waals surface area (Å²) < 4.78 is 0. The van der Waals surface area contributed by atoms with Crippen LogP contribution >= 0.6 is 0 Å². The van der Waals surface area contributed by atoms with E-state index >= 15 is 0 Å². The fourth-order valence-corrected chi connectivity index (χ4v) is 0.801. The normalized spacial score (nSPS) is 9.00. The van der Waals surface area contributed by atoms with Gasteiger partial charge in [-0.15, -0.1) is 0 Å². The van der Waals surface area contributed by atoms with E-state index in [0.717, 1.165) is 0 Å². The van der Waals surface area contributed by atoms with Gasteiger partial charge < -0.3 is 5.32 Å². The van der Waals surface area contributed by atoms with Crippen molar-refractivity contribution in [3.05, 3.63) is 24.3 Å². The molecule has 1 rings (SSSR count). The Hall–Kier alpha value is -0.915. The largest absolute Gasteiger partial charge is 0.388 e. The van der Waals surface area contributed by atoms with Gasteiger partial charge >= 0.3 is 0 Å². The van der Waals surface area contributed by atoms with Crippen molar-refractivity contribution in [2.75, 3.05) is 12.4 Å². The molecule has 0 aromatic heterocycles. The first-order valence-corrected chi connectivity index (χ1v) is 3.07. The van der Waals surface area contributed by atoms with E-state index in [1.54, 1.807) is 0 Å². The monoisotopic (exact) mass is 119 g/mol. The lowest BCUT2D eigenvalue weighted by Crippen LogP contribution is -2.01. The maximum atomic E-state index is 3.07. The van der Waals surface area contributed by atoms with E-state index in [2.05, 4.69) is 25.3 Å². The Balaban J connectivity index is 2.94. The highest BCUT2D eigenvalue weighted by atomic mass is 14.8. The van der Waals surface area contributed by atoms with Crippen LogP contribution in [0, 0.1) is 0 Å². The van der Waals surface area contributed by atoms with Gasteiger partial charge in [0.15, 0.2) is 0 Å². The zero-order valence-electron chi connectivity index (χ0n) is 5.81. The molecule has 0 aliphatic heterocycles. The van der Waals surface area contributed by atoms with Crippen molar-refractivity contribution in [3.8, 4) is 0 Å². The third-order valence-electron chi connectivity index (χ3n) is 1.31. The van der Waals surface area contributed by atoms with Crippen molar-refractivity contribution < 1.29 is 0 Å². The van der Waals surface area contributed by atoms with Crippen LogP contribution in [0.15, 0.2) is 24.3 Å². The topological polar surface area (TPSA) is 12.0 Å². The SMILES string of the molecule is Bc1cccc(NC)c1. The molecule has 0 spiro atoms. The molecule has 46 valence electrons. The van der Waals surface area contributed by atoms with Crippen molar-refractivity contribution in [1.82, 2.24) is 0 Å². The van der Waals surface area contributed by atoms with Crippen LogP contribution in [0.5, 0.6) is 0 Å². The van der Waals surface area contributed by atoms with Crippen LogP contribution in [-0.4, -0.2) is 14.9 Å². The molecule has 0 heterocycles. The van der Waals surface area contributed by atoms with E-state index in [1.165, 1.54) is 11.2 Å². The highest BCUT2D eigenvalue weighted by molar-refractivity contribution is 6.32. The van der Waals surface area contributed by atoms with Gasteiger partial charge in [0.05, 0.1) is 0 Å². The number of hydrogen-bond acceptors (Lipinski definition) is 1. The molecule has 1 N–H and O–H groups in total. The number of anilines is 1. The van der Waals surface area contributed by atoms with Gasteiger partial charge in [0.25, 0.3) is 0 Å². The minimum Gasteiger partial charge on any atom is -0.388 e. The van der Waals surface area contributed by atoms with E-state index in [9.17, 15) is 0 Å². The van der Waals surface area contributed by atoms with Gasteiger partial charge in [-0.2, -0.15) is 0 Å². The summed E-state index contributed by atoms with van der Waals surface area (Å²) in [7, 11) is 4.01. The number of nitrogens with one attached hydrogen (secondary N) is 1. The molecule has 0 aliphatic rings. The van der Waals surface area contributed by atoms with E-state index in [4.69, 9.17) is 0 Å². The van der Waals surface area contributed by atoms with Crippen LogP contribution in [0.4, 0.5) is 5.69 Å². The van der Waals surface area contributed by atoms with Crippen LogP contribution in [0.3, 0.4) is 0 Å². The summed E-state index contributed by atoms with van der Waals surface area (Å²) in [6.45, 7) is 0.